The Bertz CT molecular complexity index is 427. The van der Waals surface area contributed by atoms with Crippen molar-refractivity contribution >= 4 is 17.6 Å². The summed E-state index contributed by atoms with van der Waals surface area (Å²) in [5, 5.41) is 9.35. The molecule has 2 amide bonds. The van der Waals surface area contributed by atoms with Gasteiger partial charge in [-0.3, -0.25) is 14.7 Å². The predicted molar refractivity (Wildman–Crippen MR) is 62.4 cm³/mol. The molecule has 0 saturated carbocycles. The van der Waals surface area contributed by atoms with Gasteiger partial charge in [-0.15, -0.1) is 0 Å². The number of carbonyl (C=O) groups is 2. The molecule has 0 atom stereocenters. The zero-order valence-corrected chi connectivity index (χ0v) is 9.82. The summed E-state index contributed by atoms with van der Waals surface area (Å²) < 4.78 is 0. The van der Waals surface area contributed by atoms with E-state index in [1.807, 2.05) is 6.92 Å². The average molecular weight is 236 g/mol. The monoisotopic (exact) mass is 236 g/mol. The molecule has 0 spiro atoms. The maximum absolute atomic E-state index is 11.7. The molecule has 0 bridgehead atoms. The van der Waals surface area contributed by atoms with Gasteiger partial charge >= 0.3 is 0 Å². The van der Waals surface area contributed by atoms with Crippen LogP contribution in [-0.2, 0) is 16.0 Å². The molecular formula is C11H16N4O2. The van der Waals surface area contributed by atoms with Crippen molar-refractivity contribution in [3.05, 3.63) is 11.8 Å². The summed E-state index contributed by atoms with van der Waals surface area (Å²) in [5.74, 6) is 0.504. The van der Waals surface area contributed by atoms with E-state index in [9.17, 15) is 9.59 Å². The third-order valence-corrected chi connectivity index (χ3v) is 2.87. The van der Waals surface area contributed by atoms with Crippen LogP contribution in [0.15, 0.2) is 6.20 Å². The molecule has 6 nitrogen and oxygen atoms in total. The number of aromatic nitrogens is 2. The van der Waals surface area contributed by atoms with Gasteiger partial charge in [0.2, 0.25) is 11.8 Å². The van der Waals surface area contributed by atoms with Gasteiger partial charge in [0.15, 0.2) is 0 Å². The number of aromatic amines is 1. The van der Waals surface area contributed by atoms with E-state index in [4.69, 9.17) is 0 Å². The van der Waals surface area contributed by atoms with Crippen LogP contribution >= 0.6 is 0 Å². The lowest BCUT2D eigenvalue weighted by molar-refractivity contribution is -0.131. The van der Waals surface area contributed by atoms with E-state index in [2.05, 4.69) is 15.5 Å². The number of amides is 2. The Hall–Kier alpha value is -1.85. The van der Waals surface area contributed by atoms with E-state index in [0.29, 0.717) is 18.8 Å². The van der Waals surface area contributed by atoms with Gasteiger partial charge in [0.25, 0.3) is 0 Å². The SMILES string of the molecule is CCc1cn[nH]c1NC(=O)CN1CCCC1=O. The highest BCUT2D eigenvalue weighted by molar-refractivity contribution is 5.94. The first kappa shape index (κ1) is 11.6. The minimum Gasteiger partial charge on any atom is -0.333 e. The van der Waals surface area contributed by atoms with Gasteiger partial charge < -0.3 is 10.2 Å². The molecule has 1 fully saturated rings. The Morgan fingerprint density at radius 3 is 3.12 bits per heavy atom. The molecule has 1 aliphatic heterocycles. The summed E-state index contributed by atoms with van der Waals surface area (Å²) in [6.07, 6.45) is 3.89. The van der Waals surface area contributed by atoms with Crippen LogP contribution in [0.4, 0.5) is 5.82 Å². The van der Waals surface area contributed by atoms with E-state index in [1.165, 1.54) is 0 Å². The average Bonchev–Trinajstić information content (AvgIpc) is 2.89. The summed E-state index contributed by atoms with van der Waals surface area (Å²) in [6.45, 7) is 2.79. The minimum absolute atomic E-state index is 0.0560. The van der Waals surface area contributed by atoms with Crippen LogP contribution in [0.3, 0.4) is 0 Å². The first-order valence-electron chi connectivity index (χ1n) is 5.80. The van der Waals surface area contributed by atoms with Crippen molar-refractivity contribution in [2.45, 2.75) is 26.2 Å². The Morgan fingerprint density at radius 1 is 1.65 bits per heavy atom. The molecule has 17 heavy (non-hydrogen) atoms. The number of hydrogen-bond acceptors (Lipinski definition) is 3. The molecule has 2 heterocycles. The van der Waals surface area contributed by atoms with Gasteiger partial charge in [-0.1, -0.05) is 6.92 Å². The molecule has 1 aromatic heterocycles. The highest BCUT2D eigenvalue weighted by atomic mass is 16.2. The smallest absolute Gasteiger partial charge is 0.245 e. The van der Waals surface area contributed by atoms with E-state index in [1.54, 1.807) is 11.1 Å². The number of H-pyrrole nitrogens is 1. The Balaban J connectivity index is 1.91. The number of carbonyl (C=O) groups excluding carboxylic acids is 2. The summed E-state index contributed by atoms with van der Waals surface area (Å²) in [4.78, 5) is 24.7. The van der Waals surface area contributed by atoms with Crippen molar-refractivity contribution in [1.29, 1.82) is 0 Å². The second-order valence-electron chi connectivity index (χ2n) is 4.09. The van der Waals surface area contributed by atoms with E-state index in [-0.39, 0.29) is 18.4 Å². The van der Waals surface area contributed by atoms with Crippen molar-refractivity contribution in [2.24, 2.45) is 0 Å². The highest BCUT2D eigenvalue weighted by Crippen LogP contribution is 2.12. The van der Waals surface area contributed by atoms with Gasteiger partial charge in [0.05, 0.1) is 12.7 Å². The summed E-state index contributed by atoms with van der Waals surface area (Å²) >= 11 is 0. The van der Waals surface area contributed by atoms with Gasteiger partial charge in [-0.25, -0.2) is 0 Å². The second kappa shape index (κ2) is 4.99. The Labute approximate surface area is 99.4 Å². The number of nitrogens with zero attached hydrogens (tertiary/aromatic N) is 2. The molecule has 0 unspecified atom stereocenters. The number of likely N-dealkylation sites (tertiary alicyclic amines) is 1. The van der Waals surface area contributed by atoms with Crippen LogP contribution in [-0.4, -0.2) is 40.0 Å². The fourth-order valence-electron chi connectivity index (χ4n) is 1.91. The van der Waals surface area contributed by atoms with Crippen LogP contribution in [0.25, 0.3) is 0 Å². The number of nitrogens with one attached hydrogen (secondary N) is 2. The normalized spacial score (nSPS) is 15.4. The number of aryl methyl sites for hydroxylation is 1. The van der Waals surface area contributed by atoms with Crippen molar-refractivity contribution in [1.82, 2.24) is 15.1 Å². The van der Waals surface area contributed by atoms with Crippen molar-refractivity contribution < 1.29 is 9.59 Å². The molecule has 0 aromatic carbocycles. The maximum atomic E-state index is 11.7. The van der Waals surface area contributed by atoms with E-state index in [0.717, 1.165) is 18.4 Å². The topological polar surface area (TPSA) is 78.1 Å². The highest BCUT2D eigenvalue weighted by Gasteiger charge is 2.22. The number of anilines is 1. The van der Waals surface area contributed by atoms with Crippen LogP contribution in [0.5, 0.6) is 0 Å². The second-order valence-corrected chi connectivity index (χ2v) is 4.09. The summed E-state index contributed by atoms with van der Waals surface area (Å²) in [6, 6.07) is 0. The largest absolute Gasteiger partial charge is 0.333 e. The van der Waals surface area contributed by atoms with Crippen LogP contribution in [0, 0.1) is 0 Å². The zero-order valence-electron chi connectivity index (χ0n) is 9.82. The molecule has 1 aliphatic rings. The van der Waals surface area contributed by atoms with Gasteiger partial charge in [0, 0.05) is 18.5 Å². The van der Waals surface area contributed by atoms with Gasteiger partial charge in [0.1, 0.15) is 5.82 Å². The zero-order chi connectivity index (χ0) is 12.3. The molecular weight excluding hydrogens is 220 g/mol. The number of hydrogen-bond donors (Lipinski definition) is 2. The molecule has 1 saturated heterocycles. The molecule has 2 rings (SSSR count). The minimum atomic E-state index is -0.181. The third-order valence-electron chi connectivity index (χ3n) is 2.87. The predicted octanol–water partition coefficient (Wildman–Crippen LogP) is 0.533. The van der Waals surface area contributed by atoms with Crippen LogP contribution in [0.2, 0.25) is 0 Å². The van der Waals surface area contributed by atoms with Gasteiger partial charge in [-0.2, -0.15) is 5.10 Å². The van der Waals surface area contributed by atoms with Crippen molar-refractivity contribution in [3.8, 4) is 0 Å². The standard InChI is InChI=1S/C11H16N4O2/c1-2-8-6-12-14-11(8)13-9(16)7-15-5-3-4-10(15)17/h6H,2-5,7H2,1H3,(H2,12,13,14,16). The van der Waals surface area contributed by atoms with Crippen molar-refractivity contribution in [2.75, 3.05) is 18.4 Å². The lowest BCUT2D eigenvalue weighted by Gasteiger charge is -2.14. The fourth-order valence-corrected chi connectivity index (χ4v) is 1.91. The lowest BCUT2D eigenvalue weighted by Crippen LogP contribution is -2.34. The van der Waals surface area contributed by atoms with Crippen molar-refractivity contribution in [3.63, 3.8) is 0 Å². The first-order valence-corrected chi connectivity index (χ1v) is 5.80. The first-order chi connectivity index (χ1) is 8.20. The lowest BCUT2D eigenvalue weighted by atomic mass is 10.2. The van der Waals surface area contributed by atoms with Crippen LogP contribution < -0.4 is 5.32 Å². The third kappa shape index (κ3) is 2.64. The molecule has 6 heteroatoms. The summed E-state index contributed by atoms with van der Waals surface area (Å²) in [5.41, 5.74) is 0.964. The Kier molecular flexibility index (Phi) is 3.41. The van der Waals surface area contributed by atoms with E-state index < -0.39 is 0 Å². The van der Waals surface area contributed by atoms with Crippen LogP contribution in [0.1, 0.15) is 25.3 Å². The Morgan fingerprint density at radius 2 is 2.47 bits per heavy atom. The summed E-state index contributed by atoms with van der Waals surface area (Å²) in [7, 11) is 0. The van der Waals surface area contributed by atoms with E-state index >= 15 is 0 Å². The number of rotatable bonds is 4. The maximum Gasteiger partial charge on any atom is 0.245 e. The molecule has 0 radical (unpaired) electrons. The molecule has 2 N–H and O–H groups in total. The van der Waals surface area contributed by atoms with Gasteiger partial charge in [-0.05, 0) is 12.8 Å². The molecule has 92 valence electrons. The molecule has 1 aromatic rings. The molecule has 0 aliphatic carbocycles. The quantitative estimate of drug-likeness (QED) is 0.800. The fraction of sp³-hybridized carbons (Fsp3) is 0.545.